The minimum atomic E-state index is -0.548. The predicted octanol–water partition coefficient (Wildman–Crippen LogP) is 5.97. The fraction of sp³-hybridized carbons (Fsp3) is 0.346. The number of para-hydroxylation sites is 1. The standard InChI is InChI=1S/C26H29NO3/c1-26(2,3)30-25(28)27(17-21-12-8-11-19-9-4-6-13-23(19)21)18-22-16-15-20-10-5-7-14-24(20)29-22/h4-14,22H,15-18H2,1-3H3. The van der Waals surface area contributed by atoms with Gasteiger partial charge in [0.2, 0.25) is 0 Å². The van der Waals surface area contributed by atoms with E-state index in [1.807, 2.05) is 57.2 Å². The van der Waals surface area contributed by atoms with Crippen molar-refractivity contribution in [1.82, 2.24) is 4.90 Å². The van der Waals surface area contributed by atoms with Gasteiger partial charge in [0, 0.05) is 6.54 Å². The summed E-state index contributed by atoms with van der Waals surface area (Å²) in [5, 5.41) is 2.32. The van der Waals surface area contributed by atoms with E-state index in [4.69, 9.17) is 9.47 Å². The van der Waals surface area contributed by atoms with Crippen molar-refractivity contribution in [2.24, 2.45) is 0 Å². The van der Waals surface area contributed by atoms with E-state index >= 15 is 0 Å². The van der Waals surface area contributed by atoms with Gasteiger partial charge in [0.1, 0.15) is 17.5 Å². The lowest BCUT2D eigenvalue weighted by Gasteiger charge is -2.33. The lowest BCUT2D eigenvalue weighted by Crippen LogP contribution is -2.43. The summed E-state index contributed by atoms with van der Waals surface area (Å²) in [6.07, 6.45) is 1.48. The molecule has 1 amide bonds. The molecule has 0 saturated heterocycles. The Balaban J connectivity index is 1.57. The second-order valence-corrected chi connectivity index (χ2v) is 8.89. The van der Waals surface area contributed by atoms with Gasteiger partial charge in [-0.25, -0.2) is 4.79 Å². The normalized spacial score (nSPS) is 15.9. The zero-order chi connectivity index (χ0) is 21.1. The van der Waals surface area contributed by atoms with Gasteiger partial charge in [0.05, 0.1) is 6.54 Å². The minimum Gasteiger partial charge on any atom is -0.488 e. The molecule has 4 heteroatoms. The van der Waals surface area contributed by atoms with E-state index in [9.17, 15) is 4.79 Å². The highest BCUT2D eigenvalue weighted by Gasteiger charge is 2.28. The Morgan fingerprint density at radius 1 is 1.03 bits per heavy atom. The molecular formula is C26H29NO3. The molecule has 1 atom stereocenters. The molecule has 0 saturated carbocycles. The molecule has 156 valence electrons. The van der Waals surface area contributed by atoms with Crippen LogP contribution in [0.25, 0.3) is 10.8 Å². The van der Waals surface area contributed by atoms with E-state index in [2.05, 4.69) is 30.3 Å². The van der Waals surface area contributed by atoms with Gasteiger partial charge in [-0.15, -0.1) is 0 Å². The summed E-state index contributed by atoms with van der Waals surface area (Å²) in [6.45, 7) is 6.67. The van der Waals surface area contributed by atoms with Crippen LogP contribution in [0.15, 0.2) is 66.7 Å². The van der Waals surface area contributed by atoms with Crippen LogP contribution in [0.5, 0.6) is 5.75 Å². The third-order valence-electron chi connectivity index (χ3n) is 5.32. The van der Waals surface area contributed by atoms with Gasteiger partial charge >= 0.3 is 6.09 Å². The number of hydrogen-bond donors (Lipinski definition) is 0. The molecule has 30 heavy (non-hydrogen) atoms. The molecule has 1 unspecified atom stereocenters. The number of carbonyl (C=O) groups is 1. The Hall–Kier alpha value is -3.01. The van der Waals surface area contributed by atoms with Gasteiger partial charge in [-0.2, -0.15) is 0 Å². The highest BCUT2D eigenvalue weighted by molar-refractivity contribution is 5.86. The zero-order valence-corrected chi connectivity index (χ0v) is 17.9. The van der Waals surface area contributed by atoms with Crippen molar-refractivity contribution in [2.75, 3.05) is 6.54 Å². The number of carbonyl (C=O) groups excluding carboxylic acids is 1. The van der Waals surface area contributed by atoms with Crippen LogP contribution in [0.2, 0.25) is 0 Å². The summed E-state index contributed by atoms with van der Waals surface area (Å²) < 4.78 is 11.9. The molecule has 1 aliphatic heterocycles. The number of benzene rings is 3. The van der Waals surface area contributed by atoms with E-state index in [-0.39, 0.29) is 12.2 Å². The average Bonchev–Trinajstić information content (AvgIpc) is 2.72. The van der Waals surface area contributed by atoms with Crippen LogP contribution >= 0.6 is 0 Å². The molecule has 4 rings (SSSR count). The highest BCUT2D eigenvalue weighted by Crippen LogP contribution is 2.28. The largest absolute Gasteiger partial charge is 0.488 e. The monoisotopic (exact) mass is 403 g/mol. The Kier molecular flexibility index (Phi) is 5.67. The van der Waals surface area contributed by atoms with Crippen molar-refractivity contribution in [3.8, 4) is 5.75 Å². The van der Waals surface area contributed by atoms with Crippen molar-refractivity contribution < 1.29 is 14.3 Å². The van der Waals surface area contributed by atoms with Gasteiger partial charge in [-0.1, -0.05) is 60.7 Å². The van der Waals surface area contributed by atoms with Crippen molar-refractivity contribution in [3.63, 3.8) is 0 Å². The van der Waals surface area contributed by atoms with Gasteiger partial charge in [0.15, 0.2) is 0 Å². The molecule has 0 N–H and O–H groups in total. The van der Waals surface area contributed by atoms with Crippen molar-refractivity contribution in [1.29, 1.82) is 0 Å². The number of aryl methyl sites for hydroxylation is 1. The first-order valence-corrected chi connectivity index (χ1v) is 10.6. The van der Waals surface area contributed by atoms with Crippen LogP contribution in [0, 0.1) is 0 Å². The van der Waals surface area contributed by atoms with Crippen LogP contribution in [0.3, 0.4) is 0 Å². The summed E-state index contributed by atoms with van der Waals surface area (Å²) in [7, 11) is 0. The van der Waals surface area contributed by atoms with E-state index in [1.165, 1.54) is 10.9 Å². The van der Waals surface area contributed by atoms with Gasteiger partial charge in [0.25, 0.3) is 0 Å². The summed E-state index contributed by atoms with van der Waals surface area (Å²) in [5.41, 5.74) is 1.79. The Morgan fingerprint density at radius 2 is 1.77 bits per heavy atom. The predicted molar refractivity (Wildman–Crippen MR) is 120 cm³/mol. The minimum absolute atomic E-state index is 0.0533. The molecule has 0 spiro atoms. The molecule has 4 nitrogen and oxygen atoms in total. The number of amides is 1. The van der Waals surface area contributed by atoms with Crippen LogP contribution in [-0.4, -0.2) is 29.2 Å². The molecule has 0 fully saturated rings. The summed E-state index contributed by atoms with van der Waals surface area (Å²) in [5.74, 6) is 0.919. The Morgan fingerprint density at radius 3 is 2.60 bits per heavy atom. The Bertz CT molecular complexity index is 1030. The Labute approximate surface area is 178 Å². The third-order valence-corrected chi connectivity index (χ3v) is 5.32. The van der Waals surface area contributed by atoms with E-state index in [0.29, 0.717) is 13.1 Å². The zero-order valence-electron chi connectivity index (χ0n) is 17.9. The quantitative estimate of drug-likeness (QED) is 0.539. The first-order chi connectivity index (χ1) is 14.4. The molecule has 0 aromatic heterocycles. The van der Waals surface area contributed by atoms with E-state index < -0.39 is 5.60 Å². The summed E-state index contributed by atoms with van der Waals surface area (Å²) in [6, 6.07) is 22.6. The van der Waals surface area contributed by atoms with Crippen molar-refractivity contribution in [2.45, 2.75) is 51.9 Å². The van der Waals surface area contributed by atoms with Crippen molar-refractivity contribution in [3.05, 3.63) is 77.9 Å². The number of rotatable bonds is 4. The molecular weight excluding hydrogens is 374 g/mol. The summed E-state index contributed by atoms with van der Waals surface area (Å²) in [4.78, 5) is 14.9. The van der Waals surface area contributed by atoms with Crippen LogP contribution < -0.4 is 4.74 Å². The lowest BCUT2D eigenvalue weighted by atomic mass is 10.0. The first kappa shape index (κ1) is 20.3. The topological polar surface area (TPSA) is 38.8 Å². The third kappa shape index (κ3) is 4.76. The first-order valence-electron chi connectivity index (χ1n) is 10.6. The number of fused-ring (bicyclic) bond motifs is 2. The van der Waals surface area contributed by atoms with Gasteiger partial charge in [-0.3, -0.25) is 0 Å². The highest BCUT2D eigenvalue weighted by atomic mass is 16.6. The van der Waals surface area contributed by atoms with E-state index in [1.54, 1.807) is 4.90 Å². The van der Waals surface area contributed by atoms with Crippen LogP contribution in [0.4, 0.5) is 4.79 Å². The second kappa shape index (κ2) is 8.39. The van der Waals surface area contributed by atoms with Gasteiger partial charge < -0.3 is 14.4 Å². The SMILES string of the molecule is CC(C)(C)OC(=O)N(Cc1cccc2ccccc12)CC1CCc2ccccc2O1. The molecule has 1 aliphatic rings. The summed E-state index contributed by atoms with van der Waals surface area (Å²) >= 11 is 0. The maximum absolute atomic E-state index is 13.1. The maximum Gasteiger partial charge on any atom is 0.410 e. The molecule has 3 aromatic carbocycles. The fourth-order valence-electron chi connectivity index (χ4n) is 3.92. The van der Waals surface area contributed by atoms with Crippen LogP contribution in [0.1, 0.15) is 38.3 Å². The van der Waals surface area contributed by atoms with Crippen LogP contribution in [-0.2, 0) is 17.7 Å². The number of ether oxygens (including phenoxy) is 2. The van der Waals surface area contributed by atoms with Gasteiger partial charge in [-0.05, 0) is 61.6 Å². The molecule has 0 bridgehead atoms. The average molecular weight is 404 g/mol. The smallest absolute Gasteiger partial charge is 0.410 e. The maximum atomic E-state index is 13.1. The fourth-order valence-corrected chi connectivity index (χ4v) is 3.92. The van der Waals surface area contributed by atoms with Crippen molar-refractivity contribution >= 4 is 16.9 Å². The van der Waals surface area contributed by atoms with E-state index in [0.717, 1.165) is 29.5 Å². The molecule has 1 heterocycles. The number of nitrogens with zero attached hydrogens (tertiary/aromatic N) is 1. The molecule has 0 aliphatic carbocycles. The molecule has 0 radical (unpaired) electrons. The molecule has 3 aromatic rings. The lowest BCUT2D eigenvalue weighted by molar-refractivity contribution is 0.0134. The second-order valence-electron chi connectivity index (χ2n) is 8.89. The number of hydrogen-bond acceptors (Lipinski definition) is 3.